The lowest BCUT2D eigenvalue weighted by Crippen LogP contribution is -1.90. The largest absolute Gasteiger partial charge is 0.398 e. The van der Waals surface area contributed by atoms with E-state index in [4.69, 9.17) is 10.3 Å². The zero-order valence-corrected chi connectivity index (χ0v) is 11.4. The summed E-state index contributed by atoms with van der Waals surface area (Å²) in [6, 6.07) is 13.7. The molecular formula is C16H15N3O. The van der Waals surface area contributed by atoms with Gasteiger partial charge in [-0.3, -0.25) is 0 Å². The molecule has 3 rings (SSSR count). The lowest BCUT2D eigenvalue weighted by molar-refractivity contribution is 0.432. The lowest BCUT2D eigenvalue weighted by atomic mass is 10.1. The van der Waals surface area contributed by atoms with E-state index in [2.05, 4.69) is 10.1 Å². The van der Waals surface area contributed by atoms with Crippen LogP contribution in [0.2, 0.25) is 0 Å². The highest BCUT2D eigenvalue weighted by molar-refractivity contribution is 5.65. The van der Waals surface area contributed by atoms with E-state index in [1.807, 2.05) is 56.3 Å². The van der Waals surface area contributed by atoms with Crippen molar-refractivity contribution >= 4 is 5.69 Å². The van der Waals surface area contributed by atoms with Gasteiger partial charge in [0.15, 0.2) is 0 Å². The third-order valence-corrected chi connectivity index (χ3v) is 3.23. The number of aryl methyl sites for hydroxylation is 2. The molecule has 0 bridgehead atoms. The van der Waals surface area contributed by atoms with E-state index in [1.54, 1.807) is 0 Å². The SMILES string of the molecule is Cc1cccc(-c2nc(-c3ccc(C)c(N)c3)no2)c1. The normalized spacial score (nSPS) is 10.7. The first-order chi connectivity index (χ1) is 9.63. The number of rotatable bonds is 2. The maximum Gasteiger partial charge on any atom is 0.258 e. The van der Waals surface area contributed by atoms with E-state index in [1.165, 1.54) is 0 Å². The molecule has 4 heteroatoms. The molecule has 0 radical (unpaired) electrons. The molecule has 0 aliphatic carbocycles. The Morgan fingerprint density at radius 1 is 1.00 bits per heavy atom. The summed E-state index contributed by atoms with van der Waals surface area (Å²) in [4.78, 5) is 4.43. The summed E-state index contributed by atoms with van der Waals surface area (Å²) in [5.41, 5.74) is 10.6. The van der Waals surface area contributed by atoms with Crippen LogP contribution in [0.3, 0.4) is 0 Å². The van der Waals surface area contributed by atoms with Gasteiger partial charge in [0.25, 0.3) is 5.89 Å². The topological polar surface area (TPSA) is 64.9 Å². The summed E-state index contributed by atoms with van der Waals surface area (Å²) in [5.74, 6) is 1.07. The number of nitrogen functional groups attached to an aromatic ring is 1. The molecule has 3 aromatic rings. The summed E-state index contributed by atoms with van der Waals surface area (Å²) in [7, 11) is 0. The molecule has 0 atom stereocenters. The van der Waals surface area contributed by atoms with Crippen LogP contribution in [-0.4, -0.2) is 10.1 Å². The lowest BCUT2D eigenvalue weighted by Gasteiger charge is -2.00. The van der Waals surface area contributed by atoms with E-state index >= 15 is 0 Å². The van der Waals surface area contributed by atoms with E-state index in [-0.39, 0.29) is 0 Å². The second-order valence-electron chi connectivity index (χ2n) is 4.86. The van der Waals surface area contributed by atoms with Crippen LogP contribution in [0.15, 0.2) is 47.0 Å². The fraction of sp³-hybridized carbons (Fsp3) is 0.125. The highest BCUT2D eigenvalue weighted by Gasteiger charge is 2.11. The molecule has 0 fully saturated rings. The molecule has 2 aromatic carbocycles. The average Bonchev–Trinajstić information content (AvgIpc) is 2.92. The zero-order valence-electron chi connectivity index (χ0n) is 11.4. The molecular weight excluding hydrogens is 250 g/mol. The van der Waals surface area contributed by atoms with Gasteiger partial charge in [0.05, 0.1) is 0 Å². The molecule has 4 nitrogen and oxygen atoms in total. The molecule has 0 saturated heterocycles. The molecule has 0 spiro atoms. The van der Waals surface area contributed by atoms with Crippen molar-refractivity contribution in [2.24, 2.45) is 0 Å². The van der Waals surface area contributed by atoms with Crippen molar-refractivity contribution in [2.45, 2.75) is 13.8 Å². The molecule has 1 aromatic heterocycles. The van der Waals surface area contributed by atoms with Gasteiger partial charge in [-0.2, -0.15) is 4.98 Å². The van der Waals surface area contributed by atoms with E-state index in [9.17, 15) is 0 Å². The Labute approximate surface area is 117 Å². The predicted molar refractivity (Wildman–Crippen MR) is 79.1 cm³/mol. The number of anilines is 1. The van der Waals surface area contributed by atoms with Crippen LogP contribution in [0.25, 0.3) is 22.8 Å². The van der Waals surface area contributed by atoms with Gasteiger partial charge < -0.3 is 10.3 Å². The molecule has 0 saturated carbocycles. The molecule has 20 heavy (non-hydrogen) atoms. The molecule has 0 aliphatic heterocycles. The Balaban J connectivity index is 1.99. The van der Waals surface area contributed by atoms with Gasteiger partial charge in [-0.15, -0.1) is 0 Å². The number of nitrogens with two attached hydrogens (primary N) is 1. The quantitative estimate of drug-likeness (QED) is 0.719. The van der Waals surface area contributed by atoms with Crippen LogP contribution in [0, 0.1) is 13.8 Å². The Morgan fingerprint density at radius 2 is 1.85 bits per heavy atom. The second kappa shape index (κ2) is 4.81. The van der Waals surface area contributed by atoms with Crippen LogP contribution in [0.5, 0.6) is 0 Å². The Hall–Kier alpha value is -2.62. The van der Waals surface area contributed by atoms with Crippen LogP contribution in [-0.2, 0) is 0 Å². The van der Waals surface area contributed by atoms with Crippen molar-refractivity contribution in [1.82, 2.24) is 10.1 Å². The van der Waals surface area contributed by atoms with Crippen molar-refractivity contribution in [1.29, 1.82) is 0 Å². The Bertz CT molecular complexity index is 762. The zero-order chi connectivity index (χ0) is 14.1. The standard InChI is InChI=1S/C16H15N3O/c1-10-4-3-5-13(8-10)16-18-15(19-20-16)12-7-6-11(2)14(17)9-12/h3-9H,17H2,1-2H3. The maximum absolute atomic E-state index is 5.91. The maximum atomic E-state index is 5.91. The molecule has 1 heterocycles. The second-order valence-corrected chi connectivity index (χ2v) is 4.86. The van der Waals surface area contributed by atoms with Crippen molar-refractivity contribution in [3.63, 3.8) is 0 Å². The number of benzene rings is 2. The minimum absolute atomic E-state index is 0.517. The first-order valence-electron chi connectivity index (χ1n) is 6.41. The third kappa shape index (κ3) is 2.28. The highest BCUT2D eigenvalue weighted by Crippen LogP contribution is 2.25. The third-order valence-electron chi connectivity index (χ3n) is 3.23. The summed E-state index contributed by atoms with van der Waals surface area (Å²) < 4.78 is 5.33. The van der Waals surface area contributed by atoms with Crippen molar-refractivity contribution < 1.29 is 4.52 Å². The first kappa shape index (κ1) is 12.4. The fourth-order valence-corrected chi connectivity index (χ4v) is 2.02. The van der Waals surface area contributed by atoms with Gasteiger partial charge in [-0.05, 0) is 37.6 Å². The smallest absolute Gasteiger partial charge is 0.258 e. The molecule has 2 N–H and O–H groups in total. The van der Waals surface area contributed by atoms with E-state index in [0.717, 1.165) is 27.9 Å². The van der Waals surface area contributed by atoms with Gasteiger partial charge in [0, 0.05) is 16.8 Å². The van der Waals surface area contributed by atoms with Gasteiger partial charge in [-0.25, -0.2) is 0 Å². The van der Waals surface area contributed by atoms with Crippen molar-refractivity contribution in [3.8, 4) is 22.8 Å². The molecule has 0 amide bonds. The van der Waals surface area contributed by atoms with Crippen molar-refractivity contribution in [3.05, 3.63) is 53.6 Å². The van der Waals surface area contributed by atoms with Gasteiger partial charge in [0.2, 0.25) is 5.82 Å². The summed E-state index contributed by atoms with van der Waals surface area (Å²) in [6.45, 7) is 4.00. The highest BCUT2D eigenvalue weighted by atomic mass is 16.5. The van der Waals surface area contributed by atoms with E-state index in [0.29, 0.717) is 11.7 Å². The first-order valence-corrected chi connectivity index (χ1v) is 6.41. The fourth-order valence-electron chi connectivity index (χ4n) is 2.02. The van der Waals surface area contributed by atoms with Crippen LogP contribution in [0.1, 0.15) is 11.1 Å². The average molecular weight is 265 g/mol. The monoisotopic (exact) mass is 265 g/mol. The summed E-state index contributed by atoms with van der Waals surface area (Å²) in [5, 5.41) is 4.02. The van der Waals surface area contributed by atoms with Crippen LogP contribution in [0.4, 0.5) is 5.69 Å². The Kier molecular flexibility index (Phi) is 2.99. The molecule has 0 aliphatic rings. The minimum Gasteiger partial charge on any atom is -0.398 e. The molecule has 0 unspecified atom stereocenters. The molecule has 100 valence electrons. The van der Waals surface area contributed by atoms with Gasteiger partial charge in [-0.1, -0.05) is 35.0 Å². The number of nitrogens with zero attached hydrogens (tertiary/aromatic N) is 2. The Morgan fingerprint density at radius 3 is 2.60 bits per heavy atom. The summed E-state index contributed by atoms with van der Waals surface area (Å²) >= 11 is 0. The summed E-state index contributed by atoms with van der Waals surface area (Å²) in [6.07, 6.45) is 0. The number of hydrogen-bond donors (Lipinski definition) is 1. The van der Waals surface area contributed by atoms with Gasteiger partial charge >= 0.3 is 0 Å². The van der Waals surface area contributed by atoms with Crippen LogP contribution < -0.4 is 5.73 Å². The van der Waals surface area contributed by atoms with Crippen molar-refractivity contribution in [2.75, 3.05) is 5.73 Å². The number of hydrogen-bond acceptors (Lipinski definition) is 4. The van der Waals surface area contributed by atoms with E-state index < -0.39 is 0 Å². The van der Waals surface area contributed by atoms with Gasteiger partial charge in [0.1, 0.15) is 0 Å². The predicted octanol–water partition coefficient (Wildman–Crippen LogP) is 3.60. The minimum atomic E-state index is 0.517. The number of aromatic nitrogens is 2. The van der Waals surface area contributed by atoms with Crippen LogP contribution >= 0.6 is 0 Å².